The van der Waals surface area contributed by atoms with Crippen LogP contribution in [0.3, 0.4) is 0 Å². The fourth-order valence-corrected chi connectivity index (χ4v) is 4.54. The molecule has 0 amide bonds. The zero-order chi connectivity index (χ0) is 19.3. The summed E-state index contributed by atoms with van der Waals surface area (Å²) < 4.78 is 10.3. The Kier molecular flexibility index (Phi) is 7.40. The molecule has 8 heteroatoms. The van der Waals surface area contributed by atoms with Crippen molar-refractivity contribution in [3.8, 4) is 0 Å². The van der Waals surface area contributed by atoms with Crippen LogP contribution in [0.25, 0.3) is 0 Å². The second kappa shape index (κ2) is 9.32. The maximum atomic E-state index is 12.4. The Morgan fingerprint density at radius 2 is 1.88 bits per heavy atom. The quantitative estimate of drug-likeness (QED) is 0.594. The number of esters is 2. The molecule has 144 valence electrons. The number of rotatable bonds is 5. The first kappa shape index (κ1) is 20.6. The van der Waals surface area contributed by atoms with Gasteiger partial charge in [0.1, 0.15) is 9.88 Å². The van der Waals surface area contributed by atoms with Crippen molar-refractivity contribution in [2.75, 3.05) is 25.1 Å². The van der Waals surface area contributed by atoms with Gasteiger partial charge in [-0.3, -0.25) is 0 Å². The van der Waals surface area contributed by atoms with E-state index in [4.69, 9.17) is 21.7 Å². The van der Waals surface area contributed by atoms with E-state index in [0.717, 1.165) is 19.4 Å². The number of anilines is 1. The van der Waals surface area contributed by atoms with E-state index in [1.54, 1.807) is 20.8 Å². The van der Waals surface area contributed by atoms with E-state index in [9.17, 15) is 9.59 Å². The fraction of sp³-hybridized carbons (Fsp3) is 0.611. The summed E-state index contributed by atoms with van der Waals surface area (Å²) in [5.74, 6) is -0.903. The minimum Gasteiger partial charge on any atom is -0.462 e. The van der Waals surface area contributed by atoms with Crippen LogP contribution in [-0.4, -0.2) is 47.8 Å². The molecular weight excluding hydrogens is 372 g/mol. The molecule has 1 aromatic rings. The highest BCUT2D eigenvalue weighted by atomic mass is 32.1. The van der Waals surface area contributed by atoms with Crippen molar-refractivity contribution in [1.29, 1.82) is 0 Å². The molecule has 1 saturated heterocycles. The highest BCUT2D eigenvalue weighted by Gasteiger charge is 2.28. The van der Waals surface area contributed by atoms with Gasteiger partial charge in [-0.2, -0.15) is 0 Å². The zero-order valence-electron chi connectivity index (χ0n) is 15.7. The van der Waals surface area contributed by atoms with E-state index in [1.165, 1.54) is 17.8 Å². The summed E-state index contributed by atoms with van der Waals surface area (Å²) in [6.45, 7) is 8.79. The Morgan fingerprint density at radius 1 is 1.23 bits per heavy atom. The Bertz CT molecular complexity index is 687. The third-order valence-electron chi connectivity index (χ3n) is 4.37. The number of hydrogen-bond acceptors (Lipinski definition) is 6. The van der Waals surface area contributed by atoms with Gasteiger partial charge in [-0.15, -0.1) is 11.3 Å². The van der Waals surface area contributed by atoms with Gasteiger partial charge in [-0.1, -0.05) is 0 Å². The van der Waals surface area contributed by atoms with Gasteiger partial charge in [0.25, 0.3) is 0 Å². The molecule has 1 atom stereocenters. The summed E-state index contributed by atoms with van der Waals surface area (Å²) in [6.07, 6.45) is 3.37. The lowest BCUT2D eigenvalue weighted by Crippen LogP contribution is -2.44. The molecule has 1 aromatic heterocycles. The second-order valence-corrected chi connectivity index (χ2v) is 7.58. The minimum absolute atomic E-state index is 0.260. The number of ether oxygens (including phenoxy) is 2. The van der Waals surface area contributed by atoms with Crippen LogP contribution in [0.4, 0.5) is 5.00 Å². The molecule has 26 heavy (non-hydrogen) atoms. The molecule has 2 heterocycles. The lowest BCUT2D eigenvalue weighted by molar-refractivity contribution is 0.0527. The largest absolute Gasteiger partial charge is 0.462 e. The second-order valence-electron chi connectivity index (χ2n) is 6.17. The number of hydrogen-bond donors (Lipinski definition) is 1. The summed E-state index contributed by atoms with van der Waals surface area (Å²) in [5, 5.41) is 4.28. The molecule has 0 spiro atoms. The molecule has 6 nitrogen and oxygen atoms in total. The Balaban J connectivity index is 2.32. The van der Waals surface area contributed by atoms with Crippen LogP contribution in [0.2, 0.25) is 0 Å². The Hall–Kier alpha value is -1.67. The van der Waals surface area contributed by atoms with E-state index in [1.807, 2.05) is 0 Å². The van der Waals surface area contributed by atoms with E-state index in [2.05, 4.69) is 17.1 Å². The van der Waals surface area contributed by atoms with Crippen LogP contribution < -0.4 is 5.32 Å². The number of likely N-dealkylation sites (tertiary alicyclic amines) is 1. The fourth-order valence-electron chi connectivity index (χ4n) is 3.01. The van der Waals surface area contributed by atoms with Gasteiger partial charge in [-0.05, 0) is 64.7 Å². The monoisotopic (exact) mass is 398 g/mol. The van der Waals surface area contributed by atoms with Crippen molar-refractivity contribution in [2.45, 2.75) is 53.0 Å². The molecule has 0 aromatic carbocycles. The number of carbonyl (C=O) groups excluding carboxylic acids is 2. The third kappa shape index (κ3) is 4.54. The van der Waals surface area contributed by atoms with Crippen molar-refractivity contribution in [3.63, 3.8) is 0 Å². The molecule has 0 radical (unpaired) electrons. The summed E-state index contributed by atoms with van der Waals surface area (Å²) in [5.41, 5.74) is 0.913. The molecule has 0 bridgehead atoms. The van der Waals surface area contributed by atoms with Gasteiger partial charge < -0.3 is 19.7 Å². The highest BCUT2D eigenvalue weighted by Crippen LogP contribution is 2.35. The lowest BCUT2D eigenvalue weighted by atomic mass is 10.0. The first-order valence-electron chi connectivity index (χ1n) is 8.95. The van der Waals surface area contributed by atoms with Crippen LogP contribution >= 0.6 is 23.6 Å². The molecular formula is C18H26N2O4S2. The molecule has 0 saturated carbocycles. The zero-order valence-corrected chi connectivity index (χ0v) is 17.3. The number of nitrogens with zero attached hydrogens (tertiary/aromatic N) is 1. The van der Waals surface area contributed by atoms with Gasteiger partial charge in [0.05, 0.1) is 18.8 Å². The standard InChI is InChI=1S/C18H26N2O4S2/c1-5-23-16(21)13-12(4)14(17(22)24-6-2)26-15(13)19-18(25)20-10-8-7-9-11(20)3/h11H,5-10H2,1-4H3,(H,19,25). The van der Waals surface area contributed by atoms with Crippen LogP contribution in [0.1, 0.15) is 65.6 Å². The van der Waals surface area contributed by atoms with Crippen molar-refractivity contribution in [1.82, 2.24) is 4.90 Å². The molecule has 1 aliphatic heterocycles. The predicted octanol–water partition coefficient (Wildman–Crippen LogP) is 3.98. The summed E-state index contributed by atoms with van der Waals surface area (Å²) in [7, 11) is 0. The predicted molar refractivity (Wildman–Crippen MR) is 107 cm³/mol. The summed E-state index contributed by atoms with van der Waals surface area (Å²) >= 11 is 6.75. The maximum absolute atomic E-state index is 12.4. The highest BCUT2D eigenvalue weighted by molar-refractivity contribution is 7.80. The van der Waals surface area contributed by atoms with E-state index in [0.29, 0.717) is 32.2 Å². The van der Waals surface area contributed by atoms with Gasteiger partial charge in [0.2, 0.25) is 0 Å². The average Bonchev–Trinajstić information content (AvgIpc) is 2.92. The molecule has 2 rings (SSSR count). The first-order valence-corrected chi connectivity index (χ1v) is 10.2. The maximum Gasteiger partial charge on any atom is 0.348 e. The van der Waals surface area contributed by atoms with E-state index >= 15 is 0 Å². The van der Waals surface area contributed by atoms with Gasteiger partial charge in [0.15, 0.2) is 5.11 Å². The number of nitrogens with one attached hydrogen (secondary N) is 1. The molecule has 1 fully saturated rings. The van der Waals surface area contributed by atoms with Crippen molar-refractivity contribution < 1.29 is 19.1 Å². The molecule has 0 aliphatic carbocycles. The number of thiophene rings is 1. The average molecular weight is 399 g/mol. The van der Waals surface area contributed by atoms with Crippen LogP contribution in [-0.2, 0) is 9.47 Å². The van der Waals surface area contributed by atoms with Crippen LogP contribution in [0, 0.1) is 6.92 Å². The normalized spacial score (nSPS) is 16.9. The third-order valence-corrected chi connectivity index (χ3v) is 5.90. The van der Waals surface area contributed by atoms with Gasteiger partial charge in [-0.25, -0.2) is 9.59 Å². The van der Waals surface area contributed by atoms with Crippen LogP contribution in [0.15, 0.2) is 0 Å². The van der Waals surface area contributed by atoms with Gasteiger partial charge in [0, 0.05) is 12.6 Å². The Morgan fingerprint density at radius 3 is 2.50 bits per heavy atom. The number of thiocarbonyl (C=S) groups is 1. The lowest BCUT2D eigenvalue weighted by Gasteiger charge is -2.35. The summed E-state index contributed by atoms with van der Waals surface area (Å²) in [6, 6.07) is 0.348. The molecule has 1 aliphatic rings. The molecule has 1 N–H and O–H groups in total. The minimum atomic E-state index is -0.464. The van der Waals surface area contributed by atoms with Crippen molar-refractivity contribution in [3.05, 3.63) is 16.0 Å². The Labute approximate surface area is 163 Å². The SMILES string of the molecule is CCOC(=O)c1sc(NC(=S)N2CCCCC2C)c(C(=O)OCC)c1C. The van der Waals surface area contributed by atoms with Gasteiger partial charge >= 0.3 is 11.9 Å². The van der Waals surface area contributed by atoms with Crippen molar-refractivity contribution in [2.24, 2.45) is 0 Å². The van der Waals surface area contributed by atoms with E-state index in [-0.39, 0.29) is 13.2 Å². The van der Waals surface area contributed by atoms with Crippen molar-refractivity contribution >= 4 is 45.6 Å². The smallest absolute Gasteiger partial charge is 0.348 e. The first-order chi connectivity index (χ1) is 12.4. The number of carbonyl (C=O) groups is 2. The van der Waals surface area contributed by atoms with Crippen LogP contribution in [0.5, 0.6) is 0 Å². The summed E-state index contributed by atoms with van der Waals surface area (Å²) in [4.78, 5) is 27.2. The molecule has 1 unspecified atom stereocenters. The van der Waals surface area contributed by atoms with E-state index < -0.39 is 11.9 Å². The number of piperidine rings is 1. The topological polar surface area (TPSA) is 67.9 Å².